The van der Waals surface area contributed by atoms with E-state index in [2.05, 4.69) is 0 Å². The molecule has 0 radical (unpaired) electrons. The van der Waals surface area contributed by atoms with Crippen LogP contribution in [0.4, 0.5) is 0 Å². The fraction of sp³-hybridized carbons (Fsp3) is 0.909. The van der Waals surface area contributed by atoms with Gasteiger partial charge in [-0.3, -0.25) is 4.79 Å². The molecule has 0 spiro atoms. The van der Waals surface area contributed by atoms with Gasteiger partial charge in [-0.15, -0.1) is 0 Å². The Morgan fingerprint density at radius 1 is 1.36 bits per heavy atom. The lowest BCUT2D eigenvalue weighted by Crippen LogP contribution is -2.37. The summed E-state index contributed by atoms with van der Waals surface area (Å²) in [7, 11) is 0. The van der Waals surface area contributed by atoms with Gasteiger partial charge in [0, 0.05) is 25.6 Å². The van der Waals surface area contributed by atoms with Crippen molar-refractivity contribution in [2.45, 2.75) is 32.1 Å². The maximum Gasteiger partial charge on any atom is 0.225 e. The summed E-state index contributed by atoms with van der Waals surface area (Å²) in [6.45, 7) is 2.06. The van der Waals surface area contributed by atoms with Gasteiger partial charge < -0.3 is 10.0 Å². The van der Waals surface area contributed by atoms with Crippen molar-refractivity contribution in [2.75, 3.05) is 19.7 Å². The van der Waals surface area contributed by atoms with E-state index in [0.29, 0.717) is 17.7 Å². The number of hydrogen-bond donors (Lipinski definition) is 1. The molecule has 1 amide bonds. The van der Waals surface area contributed by atoms with Gasteiger partial charge in [0.25, 0.3) is 0 Å². The Kier molecular flexibility index (Phi) is 3.06. The molecule has 1 atom stereocenters. The number of carbonyl (C=O) groups is 1. The Balaban J connectivity index is 1.79. The molecular formula is C11H19NO2. The minimum Gasteiger partial charge on any atom is -0.396 e. The predicted molar refractivity (Wildman–Crippen MR) is 53.7 cm³/mol. The zero-order valence-corrected chi connectivity index (χ0v) is 8.61. The number of nitrogens with zero attached hydrogens (tertiary/aromatic N) is 1. The Labute approximate surface area is 85.1 Å². The number of carbonyl (C=O) groups excluding carboxylic acids is 1. The largest absolute Gasteiger partial charge is 0.396 e. The molecule has 1 saturated heterocycles. The summed E-state index contributed by atoms with van der Waals surface area (Å²) in [5, 5.41) is 8.81. The van der Waals surface area contributed by atoms with E-state index in [0.717, 1.165) is 38.8 Å². The Hall–Kier alpha value is -0.570. The third-order valence-corrected chi connectivity index (χ3v) is 3.59. The number of aliphatic hydroxyl groups excluding tert-OH is 1. The SMILES string of the molecule is O=C(C1CCC1)N1CCC(CCO)C1. The first-order valence-corrected chi connectivity index (χ1v) is 5.71. The van der Waals surface area contributed by atoms with Crippen LogP contribution in [0.15, 0.2) is 0 Å². The van der Waals surface area contributed by atoms with Crippen molar-refractivity contribution in [3.8, 4) is 0 Å². The predicted octanol–water partition coefficient (Wildman–Crippen LogP) is 1.02. The van der Waals surface area contributed by atoms with Gasteiger partial charge in [0.15, 0.2) is 0 Å². The Bertz CT molecular complexity index is 213. The van der Waals surface area contributed by atoms with Crippen molar-refractivity contribution in [3.05, 3.63) is 0 Å². The molecule has 3 heteroatoms. The minimum absolute atomic E-state index is 0.260. The average Bonchev–Trinajstić information content (AvgIpc) is 2.50. The third kappa shape index (κ3) is 1.92. The minimum atomic E-state index is 0.260. The van der Waals surface area contributed by atoms with Gasteiger partial charge in [0.2, 0.25) is 5.91 Å². The van der Waals surface area contributed by atoms with Gasteiger partial charge in [-0.2, -0.15) is 0 Å². The van der Waals surface area contributed by atoms with Crippen LogP contribution in [0.2, 0.25) is 0 Å². The van der Waals surface area contributed by atoms with E-state index in [4.69, 9.17) is 5.11 Å². The molecule has 1 unspecified atom stereocenters. The third-order valence-electron chi connectivity index (χ3n) is 3.59. The second-order valence-corrected chi connectivity index (χ2v) is 4.58. The molecule has 0 aromatic carbocycles. The van der Waals surface area contributed by atoms with Gasteiger partial charge in [-0.25, -0.2) is 0 Å². The van der Waals surface area contributed by atoms with Crippen molar-refractivity contribution < 1.29 is 9.90 Å². The number of rotatable bonds is 3. The molecule has 1 N–H and O–H groups in total. The van der Waals surface area contributed by atoms with Crippen LogP contribution < -0.4 is 0 Å². The van der Waals surface area contributed by atoms with Crippen molar-refractivity contribution >= 4 is 5.91 Å². The van der Waals surface area contributed by atoms with Crippen molar-refractivity contribution in [1.82, 2.24) is 4.90 Å². The van der Waals surface area contributed by atoms with E-state index >= 15 is 0 Å². The molecule has 0 bridgehead atoms. The van der Waals surface area contributed by atoms with Gasteiger partial charge >= 0.3 is 0 Å². The maximum absolute atomic E-state index is 11.8. The fourth-order valence-corrected chi connectivity index (χ4v) is 2.36. The molecule has 14 heavy (non-hydrogen) atoms. The van der Waals surface area contributed by atoms with Crippen LogP contribution in [0, 0.1) is 11.8 Å². The van der Waals surface area contributed by atoms with Crippen molar-refractivity contribution in [2.24, 2.45) is 11.8 Å². The summed E-state index contributed by atoms with van der Waals surface area (Å²) in [4.78, 5) is 13.8. The Morgan fingerprint density at radius 3 is 2.71 bits per heavy atom. The fourth-order valence-electron chi connectivity index (χ4n) is 2.36. The molecule has 0 aromatic rings. The normalized spacial score (nSPS) is 27.8. The second kappa shape index (κ2) is 4.30. The van der Waals surface area contributed by atoms with Crippen LogP contribution in [-0.2, 0) is 4.79 Å². The molecule has 1 aliphatic carbocycles. The first kappa shape index (κ1) is 9.97. The molecule has 0 aromatic heterocycles. The molecule has 1 saturated carbocycles. The van der Waals surface area contributed by atoms with Crippen LogP contribution in [0.25, 0.3) is 0 Å². The average molecular weight is 197 g/mol. The summed E-state index contributed by atoms with van der Waals surface area (Å²) in [5.41, 5.74) is 0. The molecule has 1 heterocycles. The van der Waals surface area contributed by atoms with Crippen molar-refractivity contribution in [1.29, 1.82) is 0 Å². The number of hydrogen-bond acceptors (Lipinski definition) is 2. The highest BCUT2D eigenvalue weighted by atomic mass is 16.3. The molecule has 1 aliphatic heterocycles. The number of aliphatic hydroxyl groups is 1. The van der Waals surface area contributed by atoms with Gasteiger partial charge in [-0.1, -0.05) is 6.42 Å². The highest BCUT2D eigenvalue weighted by molar-refractivity contribution is 5.79. The van der Waals surface area contributed by atoms with E-state index in [-0.39, 0.29) is 6.61 Å². The van der Waals surface area contributed by atoms with Crippen LogP contribution in [0.1, 0.15) is 32.1 Å². The van der Waals surface area contributed by atoms with E-state index in [1.807, 2.05) is 4.90 Å². The Morgan fingerprint density at radius 2 is 2.14 bits per heavy atom. The van der Waals surface area contributed by atoms with E-state index < -0.39 is 0 Å². The first-order chi connectivity index (χ1) is 6.81. The second-order valence-electron chi connectivity index (χ2n) is 4.58. The van der Waals surface area contributed by atoms with E-state index in [1.54, 1.807) is 0 Å². The van der Waals surface area contributed by atoms with E-state index in [1.165, 1.54) is 6.42 Å². The molecule has 2 rings (SSSR count). The number of likely N-dealkylation sites (tertiary alicyclic amines) is 1. The maximum atomic E-state index is 11.8. The topological polar surface area (TPSA) is 40.5 Å². The van der Waals surface area contributed by atoms with Crippen LogP contribution in [0.3, 0.4) is 0 Å². The summed E-state index contributed by atoms with van der Waals surface area (Å²) >= 11 is 0. The van der Waals surface area contributed by atoms with Crippen LogP contribution in [-0.4, -0.2) is 35.6 Å². The summed E-state index contributed by atoms with van der Waals surface area (Å²) in [6, 6.07) is 0. The lowest BCUT2D eigenvalue weighted by molar-refractivity contribution is -0.137. The smallest absolute Gasteiger partial charge is 0.225 e. The molecular weight excluding hydrogens is 178 g/mol. The van der Waals surface area contributed by atoms with Crippen LogP contribution >= 0.6 is 0 Å². The van der Waals surface area contributed by atoms with Gasteiger partial charge in [0.05, 0.1) is 0 Å². The van der Waals surface area contributed by atoms with E-state index in [9.17, 15) is 4.79 Å². The summed E-state index contributed by atoms with van der Waals surface area (Å²) in [5.74, 6) is 1.25. The molecule has 2 fully saturated rings. The van der Waals surface area contributed by atoms with Crippen LogP contribution in [0.5, 0.6) is 0 Å². The quantitative estimate of drug-likeness (QED) is 0.733. The highest BCUT2D eigenvalue weighted by Crippen LogP contribution is 2.30. The standard InChI is InChI=1S/C11H19NO2/c13-7-5-9-4-6-12(8-9)11(14)10-2-1-3-10/h9-10,13H,1-8H2. The van der Waals surface area contributed by atoms with Gasteiger partial charge in [-0.05, 0) is 31.6 Å². The lowest BCUT2D eigenvalue weighted by atomic mass is 9.84. The molecule has 80 valence electrons. The zero-order chi connectivity index (χ0) is 9.97. The monoisotopic (exact) mass is 197 g/mol. The molecule has 3 nitrogen and oxygen atoms in total. The highest BCUT2D eigenvalue weighted by Gasteiger charge is 2.33. The van der Waals surface area contributed by atoms with Gasteiger partial charge in [0.1, 0.15) is 0 Å². The first-order valence-electron chi connectivity index (χ1n) is 5.71. The summed E-state index contributed by atoms with van der Waals surface area (Å²) < 4.78 is 0. The lowest BCUT2D eigenvalue weighted by Gasteiger charge is -2.29. The zero-order valence-electron chi connectivity index (χ0n) is 8.61. The summed E-state index contributed by atoms with van der Waals surface area (Å²) in [6.07, 6.45) is 5.36. The molecule has 2 aliphatic rings. The van der Waals surface area contributed by atoms with Crippen molar-refractivity contribution in [3.63, 3.8) is 0 Å². The number of amides is 1.